The molecule has 0 saturated heterocycles. The number of alkyl halides is 3. The molecule has 288 valence electrons. The number of benzene rings is 7. The van der Waals surface area contributed by atoms with E-state index >= 15 is 0 Å². The van der Waals surface area contributed by atoms with Gasteiger partial charge >= 0.3 is 6.18 Å². The molecule has 10 rings (SSSR count). The summed E-state index contributed by atoms with van der Waals surface area (Å²) in [5.41, 5.74) is 6.65. The summed E-state index contributed by atoms with van der Waals surface area (Å²) < 4.78 is 44.6. The van der Waals surface area contributed by atoms with Gasteiger partial charge in [-0.1, -0.05) is 133 Å². The van der Waals surface area contributed by atoms with Crippen LogP contribution < -0.4 is 0 Å². The molecule has 3 heterocycles. The van der Waals surface area contributed by atoms with E-state index in [1.54, 1.807) is 0 Å². The summed E-state index contributed by atoms with van der Waals surface area (Å²) in [7, 11) is 0. The zero-order chi connectivity index (χ0) is 40.8. The van der Waals surface area contributed by atoms with Crippen molar-refractivity contribution in [1.29, 1.82) is 0 Å². The number of rotatable bonds is 7. The summed E-state index contributed by atoms with van der Waals surface area (Å²) in [4.78, 5) is 30.1. The lowest BCUT2D eigenvalue weighted by atomic mass is 10.1. The number of aromatic nitrogens is 7. The van der Waals surface area contributed by atoms with Gasteiger partial charge in [0.2, 0.25) is 0 Å². The molecule has 0 N–H and O–H groups in total. The van der Waals surface area contributed by atoms with Gasteiger partial charge in [-0.2, -0.15) is 13.2 Å². The molecule has 0 radical (unpaired) electrons. The highest BCUT2D eigenvalue weighted by molar-refractivity contribution is 6.10. The highest BCUT2D eigenvalue weighted by Gasteiger charge is 2.31. The van der Waals surface area contributed by atoms with Crippen molar-refractivity contribution in [3.63, 3.8) is 0 Å². The first-order valence-electron chi connectivity index (χ1n) is 19.3. The minimum absolute atomic E-state index is 0.356. The van der Waals surface area contributed by atoms with Crippen molar-refractivity contribution in [3.05, 3.63) is 187 Å². The van der Waals surface area contributed by atoms with Crippen LogP contribution >= 0.6 is 0 Å². The number of fused-ring (bicyclic) bond motifs is 3. The van der Waals surface area contributed by atoms with Crippen molar-refractivity contribution >= 4 is 21.8 Å². The van der Waals surface area contributed by atoms with Crippen molar-refractivity contribution in [2.24, 2.45) is 0 Å². The molecule has 0 aliphatic carbocycles. The van der Waals surface area contributed by atoms with Crippen molar-refractivity contribution in [1.82, 2.24) is 34.5 Å². The van der Waals surface area contributed by atoms with Crippen molar-refractivity contribution in [2.75, 3.05) is 0 Å². The smallest absolute Gasteiger partial charge is 0.309 e. The van der Waals surface area contributed by atoms with Crippen LogP contribution in [0.5, 0.6) is 0 Å². The molecular weight excluding hydrogens is 756 g/mol. The molecule has 7 nitrogen and oxygen atoms in total. The molecule has 0 atom stereocenters. The van der Waals surface area contributed by atoms with Crippen LogP contribution in [0.2, 0.25) is 0 Å². The average Bonchev–Trinajstić information content (AvgIpc) is 3.62. The summed E-state index contributed by atoms with van der Waals surface area (Å²) in [5, 5.41) is 1.16. The van der Waals surface area contributed by atoms with Crippen molar-refractivity contribution < 1.29 is 13.2 Å². The molecule has 7 aromatic carbocycles. The van der Waals surface area contributed by atoms with Crippen molar-refractivity contribution in [3.8, 4) is 74.0 Å². The summed E-state index contributed by atoms with van der Waals surface area (Å²) in [6.45, 7) is 1.93. The second-order valence-corrected chi connectivity index (χ2v) is 14.4. The third-order valence-electron chi connectivity index (χ3n) is 10.4. The Morgan fingerprint density at radius 2 is 0.783 bits per heavy atom. The molecule has 3 aromatic heterocycles. The van der Waals surface area contributed by atoms with Crippen LogP contribution in [0.25, 0.3) is 95.8 Å². The fourth-order valence-electron chi connectivity index (χ4n) is 7.49. The molecule has 0 aliphatic heterocycles. The summed E-state index contributed by atoms with van der Waals surface area (Å²) in [6.07, 6.45) is -4.52. The lowest BCUT2D eigenvalue weighted by Gasteiger charge is -2.16. The second-order valence-electron chi connectivity index (χ2n) is 14.4. The highest BCUT2D eigenvalue weighted by atomic mass is 19.4. The van der Waals surface area contributed by atoms with Crippen LogP contribution in [0.1, 0.15) is 11.1 Å². The Morgan fingerprint density at radius 3 is 1.23 bits per heavy atom. The number of nitrogens with zero attached hydrogens (tertiary/aromatic N) is 7. The highest BCUT2D eigenvalue weighted by Crippen LogP contribution is 2.41. The number of halogens is 3. The number of hydrogen-bond acceptors (Lipinski definition) is 6. The maximum absolute atomic E-state index is 14.2. The van der Waals surface area contributed by atoms with E-state index in [0.717, 1.165) is 39.4 Å². The molecular formula is C50H32F3N7. The van der Waals surface area contributed by atoms with Crippen LogP contribution in [-0.4, -0.2) is 34.5 Å². The fourth-order valence-corrected chi connectivity index (χ4v) is 7.49. The molecule has 0 saturated carbocycles. The molecule has 0 fully saturated rings. The van der Waals surface area contributed by atoms with Gasteiger partial charge in [-0.15, -0.1) is 0 Å². The summed E-state index contributed by atoms with van der Waals surface area (Å²) in [6, 6.07) is 54.3. The maximum Gasteiger partial charge on any atom is 0.416 e. The molecule has 10 heteroatoms. The van der Waals surface area contributed by atoms with Gasteiger partial charge in [0, 0.05) is 44.2 Å². The number of hydrogen-bond donors (Lipinski definition) is 0. The van der Waals surface area contributed by atoms with E-state index in [-0.39, 0.29) is 0 Å². The third kappa shape index (κ3) is 6.83. The van der Waals surface area contributed by atoms with E-state index in [1.165, 1.54) is 12.1 Å². The van der Waals surface area contributed by atoms with Crippen LogP contribution in [-0.2, 0) is 6.18 Å². The first-order chi connectivity index (χ1) is 29.3. The predicted molar refractivity (Wildman–Crippen MR) is 230 cm³/mol. The summed E-state index contributed by atoms with van der Waals surface area (Å²) in [5.74, 6) is 2.70. The van der Waals surface area contributed by atoms with E-state index in [0.29, 0.717) is 68.0 Å². The molecule has 0 unspecified atom stereocenters. The van der Waals surface area contributed by atoms with Crippen molar-refractivity contribution in [2.45, 2.75) is 13.1 Å². The Bertz CT molecular complexity index is 3070. The van der Waals surface area contributed by atoms with Gasteiger partial charge in [0.1, 0.15) is 0 Å². The molecule has 10 aromatic rings. The Kier molecular flexibility index (Phi) is 9.02. The lowest BCUT2D eigenvalue weighted by molar-refractivity contribution is -0.137. The minimum Gasteiger partial charge on any atom is -0.309 e. The van der Waals surface area contributed by atoms with Gasteiger partial charge in [0.05, 0.1) is 22.3 Å². The van der Waals surface area contributed by atoms with Crippen LogP contribution in [0.4, 0.5) is 13.2 Å². The number of aryl methyl sites for hydroxylation is 1. The maximum atomic E-state index is 14.2. The average molecular weight is 788 g/mol. The zero-order valence-electron chi connectivity index (χ0n) is 32.0. The second kappa shape index (κ2) is 14.8. The Labute approximate surface area is 342 Å². The van der Waals surface area contributed by atoms with E-state index in [2.05, 4.69) is 0 Å². The lowest BCUT2D eigenvalue weighted by Crippen LogP contribution is -2.06. The van der Waals surface area contributed by atoms with E-state index in [9.17, 15) is 13.2 Å². The zero-order valence-corrected chi connectivity index (χ0v) is 32.0. The first-order valence-corrected chi connectivity index (χ1v) is 19.3. The quantitative estimate of drug-likeness (QED) is 0.160. The SMILES string of the molecule is Cc1ccc2c(c1)c1cc(C(F)(F)F)ccc1n2-c1ccc(-c2nc(-c3ccccc3)nc(-c3ccccc3)n2)cc1-c1nc(-c2ccccc2)nc(-c2ccccc2)n1. The van der Waals surface area contributed by atoms with Crippen LogP contribution in [0, 0.1) is 6.92 Å². The van der Waals surface area contributed by atoms with Gasteiger partial charge in [0.25, 0.3) is 0 Å². The van der Waals surface area contributed by atoms with Crippen LogP contribution in [0.3, 0.4) is 0 Å². The summed E-state index contributed by atoms with van der Waals surface area (Å²) >= 11 is 0. The van der Waals surface area contributed by atoms with Crippen LogP contribution in [0.15, 0.2) is 176 Å². The molecule has 0 spiro atoms. The monoisotopic (exact) mass is 787 g/mol. The fraction of sp³-hybridized carbons (Fsp3) is 0.0400. The standard InChI is InChI=1S/C50H32F3N7/c1-31-22-25-41-38(28-31)39-30-37(50(51,52)53)24-27-42(39)60(41)43-26-23-36(48-56-44(32-14-6-2-7-15-32)54-45(57-48)33-16-8-3-9-17-33)29-40(43)49-58-46(34-18-10-4-11-19-34)55-47(59-49)35-20-12-5-13-21-35/h2-30H,1H3. The molecule has 60 heavy (non-hydrogen) atoms. The Balaban J connectivity index is 1.28. The Morgan fingerprint density at radius 1 is 0.383 bits per heavy atom. The first kappa shape index (κ1) is 36.5. The van der Waals surface area contributed by atoms with Gasteiger partial charge in [-0.3, -0.25) is 0 Å². The largest absolute Gasteiger partial charge is 0.416 e. The molecule has 0 amide bonds. The third-order valence-corrected chi connectivity index (χ3v) is 10.4. The molecule has 0 aliphatic rings. The Hall–Kier alpha value is -7.85. The van der Waals surface area contributed by atoms with Gasteiger partial charge in [-0.25, -0.2) is 29.9 Å². The van der Waals surface area contributed by atoms with Gasteiger partial charge < -0.3 is 4.57 Å². The minimum atomic E-state index is -4.52. The van der Waals surface area contributed by atoms with E-state index in [4.69, 9.17) is 29.9 Å². The topological polar surface area (TPSA) is 82.3 Å². The predicted octanol–water partition coefficient (Wildman–Crippen LogP) is 12.5. The van der Waals surface area contributed by atoms with E-state index < -0.39 is 11.7 Å². The van der Waals surface area contributed by atoms with E-state index in [1.807, 2.05) is 169 Å². The molecule has 0 bridgehead atoms. The normalized spacial score (nSPS) is 11.7. The van der Waals surface area contributed by atoms with Gasteiger partial charge in [-0.05, 0) is 55.5 Å². The van der Waals surface area contributed by atoms with Gasteiger partial charge in [0.15, 0.2) is 34.9 Å².